The molecule has 1 spiro atoms. The molecule has 2 aliphatic rings. The quantitative estimate of drug-likeness (QED) is 0.902. The molecule has 3 rings (SSSR count). The number of thioether (sulfide) groups is 1. The fraction of sp³-hybridized carbons (Fsp3) is 0.611. The second-order valence-corrected chi connectivity index (χ2v) is 8.02. The van der Waals surface area contributed by atoms with E-state index >= 15 is 0 Å². The summed E-state index contributed by atoms with van der Waals surface area (Å²) in [6, 6.07) is 8.73. The maximum Gasteiger partial charge on any atom is 0.221 e. The minimum atomic E-state index is 0.182. The Hall–Kier alpha value is -0.960. The molecule has 0 aromatic heterocycles. The van der Waals surface area contributed by atoms with Gasteiger partial charge in [0.05, 0.1) is 0 Å². The first-order valence-corrected chi connectivity index (χ1v) is 9.13. The van der Waals surface area contributed by atoms with Gasteiger partial charge in [0.25, 0.3) is 0 Å². The van der Waals surface area contributed by atoms with E-state index < -0.39 is 0 Å². The molecule has 1 N–H and O–H groups in total. The monoisotopic (exact) mass is 303 g/mol. The highest BCUT2D eigenvalue weighted by Crippen LogP contribution is 2.48. The zero-order valence-electron chi connectivity index (χ0n) is 12.9. The predicted molar refractivity (Wildman–Crippen MR) is 89.7 cm³/mol. The molecule has 1 saturated heterocycles. The number of aryl methyl sites for hydroxylation is 1. The lowest BCUT2D eigenvalue weighted by atomic mass is 9.73. The van der Waals surface area contributed by atoms with Gasteiger partial charge in [-0.05, 0) is 43.2 Å². The van der Waals surface area contributed by atoms with Gasteiger partial charge in [0.1, 0.15) is 0 Å². The summed E-state index contributed by atoms with van der Waals surface area (Å²) in [5, 5.41) is 3.05. The standard InChI is InChI=1S/C18H25NOS/c1-14-6-2-3-7-15(14)12-16-8-4-5-9-18(16)13-17(20)19-10-11-21-18/h2-3,6-7,16H,4-5,8-13H2,1H3,(H,19,20). The molecule has 21 heavy (non-hydrogen) atoms. The summed E-state index contributed by atoms with van der Waals surface area (Å²) in [7, 11) is 0. The summed E-state index contributed by atoms with van der Waals surface area (Å²) in [5.74, 6) is 1.97. The maximum absolute atomic E-state index is 12.1. The van der Waals surface area contributed by atoms with E-state index in [1.54, 1.807) is 0 Å². The zero-order chi connectivity index (χ0) is 14.7. The third-order valence-electron chi connectivity index (χ3n) is 5.15. The van der Waals surface area contributed by atoms with Crippen molar-refractivity contribution in [2.75, 3.05) is 12.3 Å². The van der Waals surface area contributed by atoms with Crippen LogP contribution in [0, 0.1) is 12.8 Å². The van der Waals surface area contributed by atoms with Gasteiger partial charge < -0.3 is 5.32 Å². The third-order valence-corrected chi connectivity index (χ3v) is 6.81. The summed E-state index contributed by atoms with van der Waals surface area (Å²) >= 11 is 2.06. The van der Waals surface area contributed by atoms with Crippen molar-refractivity contribution in [3.8, 4) is 0 Å². The highest BCUT2D eigenvalue weighted by atomic mass is 32.2. The molecule has 114 valence electrons. The lowest BCUT2D eigenvalue weighted by molar-refractivity contribution is -0.121. The molecular formula is C18H25NOS. The molecule has 3 heteroatoms. The number of carbonyl (C=O) groups excluding carboxylic acids is 1. The minimum absolute atomic E-state index is 0.182. The fourth-order valence-electron chi connectivity index (χ4n) is 3.93. The van der Waals surface area contributed by atoms with Gasteiger partial charge in [0, 0.05) is 23.5 Å². The number of carbonyl (C=O) groups is 1. The van der Waals surface area contributed by atoms with Gasteiger partial charge in [0.15, 0.2) is 0 Å². The predicted octanol–water partition coefficient (Wildman–Crippen LogP) is 3.72. The first-order valence-electron chi connectivity index (χ1n) is 8.15. The fourth-order valence-corrected chi connectivity index (χ4v) is 5.50. The van der Waals surface area contributed by atoms with E-state index in [1.165, 1.54) is 36.8 Å². The van der Waals surface area contributed by atoms with Crippen LogP contribution in [0.1, 0.15) is 43.2 Å². The molecule has 1 saturated carbocycles. The van der Waals surface area contributed by atoms with Crippen molar-refractivity contribution in [2.24, 2.45) is 5.92 Å². The maximum atomic E-state index is 12.1. The van der Waals surface area contributed by atoms with Crippen molar-refractivity contribution in [2.45, 2.75) is 50.2 Å². The molecule has 1 aliphatic carbocycles. The third kappa shape index (κ3) is 3.28. The Morgan fingerprint density at radius 2 is 2.19 bits per heavy atom. The Balaban J connectivity index is 1.84. The number of benzene rings is 1. The summed E-state index contributed by atoms with van der Waals surface area (Å²) in [6.07, 6.45) is 6.93. The van der Waals surface area contributed by atoms with Gasteiger partial charge >= 0.3 is 0 Å². The topological polar surface area (TPSA) is 29.1 Å². The van der Waals surface area contributed by atoms with Crippen LogP contribution in [-0.4, -0.2) is 23.0 Å². The van der Waals surface area contributed by atoms with Crippen LogP contribution in [0.2, 0.25) is 0 Å². The van der Waals surface area contributed by atoms with Crippen molar-refractivity contribution in [1.82, 2.24) is 5.32 Å². The zero-order valence-corrected chi connectivity index (χ0v) is 13.7. The van der Waals surface area contributed by atoms with Crippen LogP contribution in [-0.2, 0) is 11.2 Å². The Morgan fingerprint density at radius 3 is 3.05 bits per heavy atom. The minimum Gasteiger partial charge on any atom is -0.355 e. The molecule has 0 bridgehead atoms. The van der Waals surface area contributed by atoms with E-state index in [4.69, 9.17) is 0 Å². The lowest BCUT2D eigenvalue weighted by Crippen LogP contribution is -2.41. The van der Waals surface area contributed by atoms with Crippen LogP contribution >= 0.6 is 11.8 Å². The first kappa shape index (κ1) is 15.0. The molecular weight excluding hydrogens is 278 g/mol. The van der Waals surface area contributed by atoms with Gasteiger partial charge in [-0.15, -0.1) is 0 Å². The molecule has 1 aromatic carbocycles. The highest BCUT2D eigenvalue weighted by Gasteiger charge is 2.43. The second kappa shape index (κ2) is 6.43. The van der Waals surface area contributed by atoms with Crippen molar-refractivity contribution >= 4 is 17.7 Å². The van der Waals surface area contributed by atoms with Gasteiger partial charge in [-0.1, -0.05) is 37.1 Å². The SMILES string of the molecule is Cc1ccccc1CC1CCCCC12CC(=O)NCCS2. The number of rotatable bonds is 2. The van der Waals surface area contributed by atoms with Crippen LogP contribution in [0.4, 0.5) is 0 Å². The summed E-state index contributed by atoms with van der Waals surface area (Å²) in [4.78, 5) is 12.1. The summed E-state index contributed by atoms with van der Waals surface area (Å²) in [5.41, 5.74) is 2.86. The average Bonchev–Trinajstić information content (AvgIpc) is 2.66. The van der Waals surface area contributed by atoms with Crippen LogP contribution in [0.25, 0.3) is 0 Å². The average molecular weight is 303 g/mol. The molecule has 1 heterocycles. The van der Waals surface area contributed by atoms with Gasteiger partial charge in [0.2, 0.25) is 5.91 Å². The molecule has 2 nitrogen and oxygen atoms in total. The molecule has 1 aliphatic heterocycles. The van der Waals surface area contributed by atoms with Gasteiger partial charge in [-0.2, -0.15) is 11.8 Å². The molecule has 2 unspecified atom stereocenters. The van der Waals surface area contributed by atoms with Gasteiger partial charge in [-0.3, -0.25) is 4.79 Å². The normalized spacial score (nSPS) is 30.0. The van der Waals surface area contributed by atoms with E-state index in [0.29, 0.717) is 12.3 Å². The van der Waals surface area contributed by atoms with Crippen molar-refractivity contribution in [3.63, 3.8) is 0 Å². The van der Waals surface area contributed by atoms with E-state index in [1.807, 2.05) is 0 Å². The molecule has 2 fully saturated rings. The summed E-state index contributed by atoms with van der Waals surface area (Å²) < 4.78 is 0.182. The number of nitrogens with one attached hydrogen (secondary N) is 1. The molecule has 1 aromatic rings. The van der Waals surface area contributed by atoms with Gasteiger partial charge in [-0.25, -0.2) is 0 Å². The lowest BCUT2D eigenvalue weighted by Gasteiger charge is -2.43. The number of amides is 1. The molecule has 2 atom stereocenters. The Bertz CT molecular complexity index is 516. The summed E-state index contributed by atoms with van der Waals surface area (Å²) in [6.45, 7) is 3.04. The molecule has 0 radical (unpaired) electrons. The van der Waals surface area contributed by atoms with Crippen LogP contribution < -0.4 is 5.32 Å². The second-order valence-electron chi connectivity index (χ2n) is 6.51. The number of hydrogen-bond donors (Lipinski definition) is 1. The van der Waals surface area contributed by atoms with E-state index in [9.17, 15) is 4.79 Å². The van der Waals surface area contributed by atoms with E-state index in [0.717, 1.165) is 18.7 Å². The largest absolute Gasteiger partial charge is 0.355 e. The first-order chi connectivity index (χ1) is 10.2. The number of hydrogen-bond acceptors (Lipinski definition) is 2. The Labute approximate surface area is 132 Å². The van der Waals surface area contributed by atoms with Crippen LogP contribution in [0.5, 0.6) is 0 Å². The Morgan fingerprint density at radius 1 is 1.33 bits per heavy atom. The van der Waals surface area contributed by atoms with E-state index in [2.05, 4.69) is 48.3 Å². The smallest absolute Gasteiger partial charge is 0.221 e. The van der Waals surface area contributed by atoms with E-state index in [-0.39, 0.29) is 10.7 Å². The highest BCUT2D eigenvalue weighted by molar-refractivity contribution is 8.00. The van der Waals surface area contributed by atoms with Crippen molar-refractivity contribution < 1.29 is 4.79 Å². The van der Waals surface area contributed by atoms with Crippen LogP contribution in [0.15, 0.2) is 24.3 Å². The Kier molecular flexibility index (Phi) is 4.58. The van der Waals surface area contributed by atoms with Crippen molar-refractivity contribution in [1.29, 1.82) is 0 Å². The molecule has 1 amide bonds. The van der Waals surface area contributed by atoms with Crippen molar-refractivity contribution in [3.05, 3.63) is 35.4 Å². The van der Waals surface area contributed by atoms with Crippen LogP contribution in [0.3, 0.4) is 0 Å².